The van der Waals surface area contributed by atoms with Crippen molar-refractivity contribution in [3.05, 3.63) is 35.9 Å². The molecule has 3 rings (SSSR count). The minimum absolute atomic E-state index is 0.0739. The summed E-state index contributed by atoms with van der Waals surface area (Å²) in [7, 11) is 0. The topological polar surface area (TPSA) is 69.6 Å². The number of amides is 2. The Kier molecular flexibility index (Phi) is 4.28. The van der Waals surface area contributed by atoms with E-state index in [1.165, 1.54) is 5.56 Å². The zero-order chi connectivity index (χ0) is 16.4. The minimum Gasteiger partial charge on any atom is -0.481 e. The van der Waals surface area contributed by atoms with Crippen molar-refractivity contribution in [1.82, 2.24) is 10.2 Å². The average molecular weight is 316 g/mol. The van der Waals surface area contributed by atoms with Gasteiger partial charge in [-0.1, -0.05) is 37.3 Å². The molecule has 1 aliphatic carbocycles. The van der Waals surface area contributed by atoms with Crippen LogP contribution in [0.3, 0.4) is 0 Å². The van der Waals surface area contributed by atoms with Crippen LogP contribution in [0.25, 0.3) is 0 Å². The summed E-state index contributed by atoms with van der Waals surface area (Å²) in [6, 6.07) is 10.1. The van der Waals surface area contributed by atoms with Crippen molar-refractivity contribution in [3.8, 4) is 0 Å². The number of hydrogen-bond donors (Lipinski definition) is 2. The largest absolute Gasteiger partial charge is 0.481 e. The number of urea groups is 1. The number of carboxylic acids is 1. The van der Waals surface area contributed by atoms with E-state index in [-0.39, 0.29) is 17.4 Å². The maximum absolute atomic E-state index is 12.4. The normalized spacial score (nSPS) is 25.7. The lowest BCUT2D eigenvalue weighted by Gasteiger charge is -2.35. The molecule has 2 atom stereocenters. The fourth-order valence-corrected chi connectivity index (χ4v) is 3.56. The van der Waals surface area contributed by atoms with Gasteiger partial charge in [-0.05, 0) is 30.7 Å². The molecule has 1 aliphatic heterocycles. The smallest absolute Gasteiger partial charge is 0.317 e. The average Bonchev–Trinajstić information content (AvgIpc) is 3.34. The molecule has 5 heteroatoms. The first-order chi connectivity index (χ1) is 11.0. The number of nitrogens with one attached hydrogen (secondary N) is 1. The predicted molar refractivity (Wildman–Crippen MR) is 87.2 cm³/mol. The van der Waals surface area contributed by atoms with Crippen molar-refractivity contribution in [2.45, 2.75) is 31.6 Å². The number of benzene rings is 1. The second kappa shape index (κ2) is 6.22. The van der Waals surface area contributed by atoms with Crippen LogP contribution in [0.2, 0.25) is 0 Å². The van der Waals surface area contributed by atoms with Gasteiger partial charge in [-0.25, -0.2) is 4.79 Å². The molecule has 0 radical (unpaired) electrons. The van der Waals surface area contributed by atoms with Crippen molar-refractivity contribution in [1.29, 1.82) is 0 Å². The summed E-state index contributed by atoms with van der Waals surface area (Å²) in [5, 5.41) is 12.2. The SMILES string of the molecule is CC1CC(C(=O)O)CN(C(=O)NCC2(c3ccccc3)CC2)C1. The van der Waals surface area contributed by atoms with Gasteiger partial charge in [0.2, 0.25) is 0 Å². The molecular formula is C18H24N2O3. The van der Waals surface area contributed by atoms with Gasteiger partial charge in [-0.3, -0.25) is 4.79 Å². The third-order valence-corrected chi connectivity index (χ3v) is 5.11. The molecule has 1 saturated carbocycles. The Balaban J connectivity index is 1.58. The van der Waals surface area contributed by atoms with Crippen molar-refractivity contribution in [2.24, 2.45) is 11.8 Å². The van der Waals surface area contributed by atoms with Crippen LogP contribution in [-0.4, -0.2) is 41.6 Å². The summed E-state index contributed by atoms with van der Waals surface area (Å²) < 4.78 is 0. The highest BCUT2D eigenvalue weighted by Gasteiger charge is 2.44. The molecule has 2 unspecified atom stereocenters. The van der Waals surface area contributed by atoms with E-state index in [2.05, 4.69) is 17.4 Å². The fourth-order valence-electron chi connectivity index (χ4n) is 3.56. The highest BCUT2D eigenvalue weighted by molar-refractivity contribution is 5.76. The quantitative estimate of drug-likeness (QED) is 0.896. The number of nitrogens with zero attached hydrogens (tertiary/aromatic N) is 1. The molecule has 2 N–H and O–H groups in total. The summed E-state index contributed by atoms with van der Waals surface area (Å²) in [4.78, 5) is 25.3. The molecule has 0 aromatic heterocycles. The second-order valence-electron chi connectivity index (χ2n) is 7.09. The first-order valence-electron chi connectivity index (χ1n) is 8.31. The number of carbonyl (C=O) groups is 2. The fraction of sp³-hybridized carbons (Fsp3) is 0.556. The molecule has 2 aliphatic rings. The maximum Gasteiger partial charge on any atom is 0.317 e. The van der Waals surface area contributed by atoms with Gasteiger partial charge in [0.1, 0.15) is 0 Å². The van der Waals surface area contributed by atoms with Gasteiger partial charge in [0.05, 0.1) is 5.92 Å². The Morgan fingerprint density at radius 3 is 2.57 bits per heavy atom. The van der Waals surface area contributed by atoms with Crippen molar-refractivity contribution < 1.29 is 14.7 Å². The summed E-state index contributed by atoms with van der Waals surface area (Å²) in [6.07, 6.45) is 2.82. The van der Waals surface area contributed by atoms with Gasteiger partial charge in [0, 0.05) is 25.0 Å². The number of piperidine rings is 1. The van der Waals surface area contributed by atoms with E-state index in [0.29, 0.717) is 26.1 Å². The maximum atomic E-state index is 12.4. The van der Waals surface area contributed by atoms with Crippen molar-refractivity contribution in [2.75, 3.05) is 19.6 Å². The van der Waals surface area contributed by atoms with Crippen LogP contribution in [0.4, 0.5) is 4.79 Å². The van der Waals surface area contributed by atoms with Gasteiger partial charge < -0.3 is 15.3 Å². The highest BCUT2D eigenvalue weighted by atomic mass is 16.4. The molecule has 1 heterocycles. The Morgan fingerprint density at radius 2 is 1.96 bits per heavy atom. The van der Waals surface area contributed by atoms with Gasteiger partial charge in [-0.2, -0.15) is 0 Å². The van der Waals surface area contributed by atoms with Crippen LogP contribution in [0.5, 0.6) is 0 Å². The van der Waals surface area contributed by atoms with Gasteiger partial charge in [-0.15, -0.1) is 0 Å². The summed E-state index contributed by atoms with van der Waals surface area (Å²) in [5.74, 6) is -1.04. The van der Waals surface area contributed by atoms with Crippen LogP contribution >= 0.6 is 0 Å². The molecular weight excluding hydrogens is 292 g/mol. The molecule has 5 nitrogen and oxygen atoms in total. The first-order valence-corrected chi connectivity index (χ1v) is 8.31. The van der Waals surface area contributed by atoms with E-state index < -0.39 is 11.9 Å². The Hall–Kier alpha value is -2.04. The lowest BCUT2D eigenvalue weighted by atomic mass is 9.91. The highest BCUT2D eigenvalue weighted by Crippen LogP contribution is 2.47. The standard InChI is InChI=1S/C18H24N2O3/c1-13-9-14(16(21)22)11-20(10-13)17(23)19-12-18(7-8-18)15-5-3-2-4-6-15/h2-6,13-14H,7-12H2,1H3,(H,19,23)(H,21,22). The number of carboxylic acid groups (broad SMARTS) is 1. The molecule has 124 valence electrons. The lowest BCUT2D eigenvalue weighted by molar-refractivity contribution is -0.143. The van der Waals surface area contributed by atoms with E-state index in [4.69, 9.17) is 0 Å². The van der Waals surface area contributed by atoms with E-state index in [9.17, 15) is 14.7 Å². The summed E-state index contributed by atoms with van der Waals surface area (Å²) in [6.45, 7) is 3.57. The number of rotatable bonds is 4. The molecule has 0 spiro atoms. The van der Waals surface area contributed by atoms with Gasteiger partial charge in [0.15, 0.2) is 0 Å². The molecule has 23 heavy (non-hydrogen) atoms. The number of carbonyl (C=O) groups excluding carboxylic acids is 1. The number of likely N-dealkylation sites (tertiary alicyclic amines) is 1. The third kappa shape index (κ3) is 3.49. The Morgan fingerprint density at radius 1 is 1.26 bits per heavy atom. The van der Waals surface area contributed by atoms with Crippen molar-refractivity contribution in [3.63, 3.8) is 0 Å². The lowest BCUT2D eigenvalue weighted by Crippen LogP contribution is -2.50. The minimum atomic E-state index is -0.808. The second-order valence-corrected chi connectivity index (χ2v) is 7.09. The van der Waals surface area contributed by atoms with Gasteiger partial charge >= 0.3 is 12.0 Å². The van der Waals surface area contributed by atoms with Crippen LogP contribution in [0, 0.1) is 11.8 Å². The molecule has 2 fully saturated rings. The van der Waals surface area contributed by atoms with Crippen LogP contribution in [-0.2, 0) is 10.2 Å². The number of aliphatic carboxylic acids is 1. The zero-order valence-corrected chi connectivity index (χ0v) is 13.5. The Labute approximate surface area is 136 Å². The predicted octanol–water partition coefficient (Wildman–Crippen LogP) is 2.47. The van der Waals surface area contributed by atoms with Crippen LogP contribution < -0.4 is 5.32 Å². The monoisotopic (exact) mass is 316 g/mol. The molecule has 1 saturated heterocycles. The molecule has 2 amide bonds. The summed E-state index contributed by atoms with van der Waals surface area (Å²) in [5.41, 5.74) is 1.35. The first kappa shape index (κ1) is 15.8. The van der Waals surface area contributed by atoms with Gasteiger partial charge in [0.25, 0.3) is 0 Å². The van der Waals surface area contributed by atoms with Crippen molar-refractivity contribution >= 4 is 12.0 Å². The van der Waals surface area contributed by atoms with E-state index in [1.54, 1.807) is 4.90 Å². The van der Waals surface area contributed by atoms with E-state index >= 15 is 0 Å². The number of hydrogen-bond acceptors (Lipinski definition) is 2. The Bertz CT molecular complexity index is 583. The van der Waals surface area contributed by atoms with E-state index in [0.717, 1.165) is 12.8 Å². The summed E-state index contributed by atoms with van der Waals surface area (Å²) >= 11 is 0. The zero-order valence-electron chi connectivity index (χ0n) is 13.5. The van der Waals surface area contributed by atoms with Crippen LogP contribution in [0.15, 0.2) is 30.3 Å². The third-order valence-electron chi connectivity index (χ3n) is 5.11. The van der Waals surface area contributed by atoms with Crippen LogP contribution in [0.1, 0.15) is 31.7 Å². The molecule has 0 bridgehead atoms. The molecule has 1 aromatic carbocycles. The van der Waals surface area contributed by atoms with E-state index in [1.807, 2.05) is 25.1 Å². The molecule has 1 aromatic rings.